The van der Waals surface area contributed by atoms with E-state index in [0.717, 1.165) is 48.4 Å². The molecule has 0 aliphatic rings. The molecule has 0 bridgehead atoms. The molecule has 4 unspecified atom stereocenters. The minimum atomic E-state index is -0.551. The zero-order valence-electron chi connectivity index (χ0n) is 26.3. The quantitative estimate of drug-likeness (QED) is 0.130. The molecule has 0 spiro atoms. The third kappa shape index (κ3) is 12.6. The number of hydrogen-bond acceptors (Lipinski definition) is 5. The first-order valence-corrected chi connectivity index (χ1v) is 14.8. The molecule has 1 rings (SSSR count). The van der Waals surface area contributed by atoms with Crippen LogP contribution in [0.5, 0.6) is 0 Å². The molecule has 224 valence electrons. The Balaban J connectivity index is 3.17. The van der Waals surface area contributed by atoms with Gasteiger partial charge in [0.25, 0.3) is 0 Å². The number of allylic oxidation sites excluding steroid dienone is 2. The van der Waals surface area contributed by atoms with Gasteiger partial charge in [-0.15, -0.1) is 0 Å². The highest BCUT2D eigenvalue weighted by molar-refractivity contribution is 5.90. The van der Waals surface area contributed by atoms with Gasteiger partial charge in [-0.25, -0.2) is 0 Å². The van der Waals surface area contributed by atoms with Crippen molar-refractivity contribution in [2.75, 3.05) is 7.05 Å². The second-order valence-corrected chi connectivity index (χ2v) is 11.5. The highest BCUT2D eigenvalue weighted by atomic mass is 19.3. The number of aliphatic imine (C=N–C) groups is 1. The minimum absolute atomic E-state index is 0.00542. The number of rotatable bonds is 20. The van der Waals surface area contributed by atoms with E-state index in [-0.39, 0.29) is 23.8 Å². The SMILES string of the molecule is C=C(NC(Cc1ccccc1)CC(C)OF)/C(=C/C)N=C(C)C(CC(C)=O)CC(C(C)C)N(C)C(=C)CCCC. The zero-order valence-corrected chi connectivity index (χ0v) is 26.3. The van der Waals surface area contributed by atoms with E-state index in [1.807, 2.05) is 38.1 Å². The second-order valence-electron chi connectivity index (χ2n) is 11.5. The van der Waals surface area contributed by atoms with Gasteiger partial charge in [-0.3, -0.25) is 4.99 Å². The third-order valence-electron chi connectivity index (χ3n) is 7.59. The summed E-state index contributed by atoms with van der Waals surface area (Å²) < 4.78 is 12.9. The van der Waals surface area contributed by atoms with Gasteiger partial charge >= 0.3 is 0 Å². The van der Waals surface area contributed by atoms with Gasteiger partial charge in [0.1, 0.15) is 5.78 Å². The summed E-state index contributed by atoms with van der Waals surface area (Å²) in [6.45, 7) is 22.6. The third-order valence-corrected chi connectivity index (χ3v) is 7.59. The Morgan fingerprint density at radius 1 is 1.15 bits per heavy atom. The molecule has 0 aliphatic carbocycles. The topological polar surface area (TPSA) is 53.9 Å². The number of nitrogens with one attached hydrogen (secondary N) is 1. The molecular weight excluding hydrogens is 501 g/mol. The Morgan fingerprint density at radius 2 is 1.80 bits per heavy atom. The van der Waals surface area contributed by atoms with Crippen molar-refractivity contribution in [3.05, 3.63) is 72.2 Å². The van der Waals surface area contributed by atoms with E-state index in [0.29, 0.717) is 30.9 Å². The Hall–Kier alpha value is -2.73. The Bertz CT molecular complexity index is 986. The first kappa shape index (κ1) is 35.3. The molecule has 0 saturated heterocycles. The fourth-order valence-corrected chi connectivity index (χ4v) is 5.15. The van der Waals surface area contributed by atoms with E-state index < -0.39 is 6.10 Å². The average Bonchev–Trinajstić information content (AvgIpc) is 2.91. The van der Waals surface area contributed by atoms with Crippen molar-refractivity contribution in [3.8, 4) is 0 Å². The molecule has 1 aromatic carbocycles. The fraction of sp³-hybridized carbons (Fsp3) is 0.588. The number of carbonyl (C=O) groups excluding carboxylic acids is 1. The number of benzene rings is 1. The summed E-state index contributed by atoms with van der Waals surface area (Å²) in [7, 11) is 2.12. The van der Waals surface area contributed by atoms with Gasteiger partial charge in [-0.05, 0) is 75.8 Å². The lowest BCUT2D eigenvalue weighted by Crippen LogP contribution is -2.38. The molecule has 1 N–H and O–H groups in total. The molecular formula is C34H54FN3O2. The van der Waals surface area contributed by atoms with Crippen molar-refractivity contribution in [3.63, 3.8) is 0 Å². The van der Waals surface area contributed by atoms with Crippen molar-refractivity contribution < 1.29 is 14.3 Å². The van der Waals surface area contributed by atoms with Gasteiger partial charge < -0.3 is 15.0 Å². The Morgan fingerprint density at radius 3 is 2.33 bits per heavy atom. The molecule has 0 heterocycles. The summed E-state index contributed by atoms with van der Waals surface area (Å²) in [6.07, 6.45) is 7.03. The van der Waals surface area contributed by atoms with Gasteiger partial charge in [0.2, 0.25) is 0 Å². The summed E-state index contributed by atoms with van der Waals surface area (Å²) in [5.41, 5.74) is 4.58. The van der Waals surface area contributed by atoms with Crippen LogP contribution in [0.4, 0.5) is 4.53 Å². The van der Waals surface area contributed by atoms with Crippen LogP contribution in [0, 0.1) is 11.8 Å². The monoisotopic (exact) mass is 555 g/mol. The van der Waals surface area contributed by atoms with Gasteiger partial charge in [0, 0.05) is 42.9 Å². The van der Waals surface area contributed by atoms with Crippen LogP contribution in [-0.2, 0) is 16.2 Å². The van der Waals surface area contributed by atoms with Crippen molar-refractivity contribution in [2.24, 2.45) is 16.8 Å². The molecule has 0 radical (unpaired) electrons. The zero-order chi connectivity index (χ0) is 30.2. The molecule has 0 aromatic heterocycles. The Labute approximate surface area is 243 Å². The molecule has 0 saturated carbocycles. The molecule has 4 atom stereocenters. The Kier molecular flexibility index (Phi) is 16.4. The lowest BCUT2D eigenvalue weighted by atomic mass is 9.85. The summed E-state index contributed by atoms with van der Waals surface area (Å²) in [5, 5.41) is 3.48. The predicted octanol–water partition coefficient (Wildman–Crippen LogP) is 8.39. The summed E-state index contributed by atoms with van der Waals surface area (Å²) in [5.74, 6) is 0.535. The largest absolute Gasteiger partial charge is 0.381 e. The number of ketones is 1. The second kappa shape index (κ2) is 18.6. The molecule has 6 heteroatoms. The van der Waals surface area contributed by atoms with Gasteiger partial charge in [0.15, 0.2) is 0 Å². The predicted molar refractivity (Wildman–Crippen MR) is 168 cm³/mol. The number of unbranched alkanes of at least 4 members (excludes halogenated alkanes) is 1. The highest BCUT2D eigenvalue weighted by Gasteiger charge is 2.27. The maximum absolute atomic E-state index is 12.9. The van der Waals surface area contributed by atoms with Crippen LogP contribution in [0.15, 0.2) is 71.6 Å². The number of hydrogen-bond donors (Lipinski definition) is 1. The fourth-order valence-electron chi connectivity index (χ4n) is 5.15. The van der Waals surface area contributed by atoms with Crippen molar-refractivity contribution in [1.29, 1.82) is 0 Å². The van der Waals surface area contributed by atoms with Crippen LogP contribution >= 0.6 is 0 Å². The molecule has 0 aliphatic heterocycles. The van der Waals surface area contributed by atoms with Gasteiger partial charge in [-0.1, -0.05) is 76.8 Å². The summed E-state index contributed by atoms with van der Waals surface area (Å²) in [6, 6.07) is 10.2. The van der Waals surface area contributed by atoms with E-state index in [9.17, 15) is 9.32 Å². The first-order valence-electron chi connectivity index (χ1n) is 14.8. The standard InChI is InChI=1S/C34H54FN3O2/c1-11-13-17-25(5)38(10)34(24(3)4)23-31(20-26(6)39)28(8)37-33(12-2)29(9)36-32(21-27(7)40-35)22-30-18-15-14-16-19-30/h12,14-16,18-19,24,27,31-32,34,36H,5,9,11,13,17,20-23H2,1-4,6-8,10H3/b33-12-,37-28?. The first-order chi connectivity index (χ1) is 18.9. The van der Waals surface area contributed by atoms with Crippen LogP contribution in [0.1, 0.15) is 92.6 Å². The van der Waals surface area contributed by atoms with Crippen molar-refractivity contribution >= 4 is 11.5 Å². The van der Waals surface area contributed by atoms with Crippen LogP contribution in [-0.4, -0.2) is 41.6 Å². The smallest absolute Gasteiger partial charge is 0.130 e. The van der Waals surface area contributed by atoms with E-state index in [4.69, 9.17) is 4.99 Å². The number of halogens is 1. The number of nitrogens with zero attached hydrogens (tertiary/aromatic N) is 2. The van der Waals surface area contributed by atoms with Crippen LogP contribution in [0.25, 0.3) is 0 Å². The molecule has 0 amide bonds. The van der Waals surface area contributed by atoms with Crippen molar-refractivity contribution in [1.82, 2.24) is 10.2 Å². The maximum Gasteiger partial charge on any atom is 0.130 e. The van der Waals surface area contributed by atoms with E-state index >= 15 is 0 Å². The summed E-state index contributed by atoms with van der Waals surface area (Å²) in [4.78, 5) is 23.7. The van der Waals surface area contributed by atoms with Crippen LogP contribution in [0.3, 0.4) is 0 Å². The lowest BCUT2D eigenvalue weighted by molar-refractivity contribution is -0.175. The van der Waals surface area contributed by atoms with Crippen LogP contribution < -0.4 is 5.32 Å². The van der Waals surface area contributed by atoms with Gasteiger partial charge in [-0.2, -0.15) is 4.94 Å². The summed E-state index contributed by atoms with van der Waals surface area (Å²) >= 11 is 0. The highest BCUT2D eigenvalue weighted by Crippen LogP contribution is 2.27. The lowest BCUT2D eigenvalue weighted by Gasteiger charge is -2.37. The number of Topliss-reactive ketones (excluding diaryl/α,β-unsaturated/α-hetero) is 1. The molecule has 5 nitrogen and oxygen atoms in total. The van der Waals surface area contributed by atoms with E-state index in [1.54, 1.807) is 13.8 Å². The van der Waals surface area contributed by atoms with Crippen molar-refractivity contribution in [2.45, 2.75) is 112 Å². The van der Waals surface area contributed by atoms with Crippen LogP contribution in [0.2, 0.25) is 0 Å². The molecule has 0 fully saturated rings. The average molecular weight is 556 g/mol. The molecule has 40 heavy (non-hydrogen) atoms. The van der Waals surface area contributed by atoms with Gasteiger partial charge in [0.05, 0.1) is 17.5 Å². The van der Waals surface area contributed by atoms with E-state index in [2.05, 4.69) is 68.3 Å². The van der Waals surface area contributed by atoms with E-state index in [1.165, 1.54) is 0 Å². The minimum Gasteiger partial charge on any atom is -0.381 e. The maximum atomic E-state index is 12.9. The number of carbonyl (C=O) groups is 1. The molecule has 1 aromatic rings. The normalized spacial score (nSPS) is 15.3.